The molecule has 0 aromatic carbocycles. The lowest BCUT2D eigenvalue weighted by Gasteiger charge is -2.31. The van der Waals surface area contributed by atoms with Crippen molar-refractivity contribution in [2.24, 2.45) is 4.99 Å². The number of aliphatic imine (C=N–C) groups is 1. The molecular formula is C5H7NO3. The first-order chi connectivity index (χ1) is 4.33. The van der Waals surface area contributed by atoms with Gasteiger partial charge in [0.2, 0.25) is 6.08 Å². The predicted molar refractivity (Wildman–Crippen MR) is 28.4 cm³/mol. The van der Waals surface area contributed by atoms with Crippen molar-refractivity contribution < 1.29 is 14.3 Å². The molecule has 50 valence electrons. The van der Waals surface area contributed by atoms with Gasteiger partial charge in [-0.05, 0) is 6.92 Å². The summed E-state index contributed by atoms with van der Waals surface area (Å²) < 4.78 is 9.89. The third-order valence-corrected chi connectivity index (χ3v) is 0.992. The van der Waals surface area contributed by atoms with Crippen LogP contribution in [0.25, 0.3) is 0 Å². The van der Waals surface area contributed by atoms with E-state index < -0.39 is 0 Å². The van der Waals surface area contributed by atoms with Gasteiger partial charge < -0.3 is 9.47 Å². The van der Waals surface area contributed by atoms with Gasteiger partial charge >= 0.3 is 0 Å². The van der Waals surface area contributed by atoms with Gasteiger partial charge in [0.15, 0.2) is 12.6 Å². The summed E-state index contributed by atoms with van der Waals surface area (Å²) in [5, 5.41) is 0. The van der Waals surface area contributed by atoms with Crippen LogP contribution in [-0.2, 0) is 14.3 Å². The van der Waals surface area contributed by atoms with Crippen molar-refractivity contribution in [3.8, 4) is 0 Å². The van der Waals surface area contributed by atoms with E-state index in [2.05, 4.69) is 4.99 Å². The standard InChI is InChI=1S/C5H7NO3/c1-4-8-5(9-4)2-6-3-7/h4-5H,2H2,1H3. The second-order valence-corrected chi connectivity index (χ2v) is 1.70. The smallest absolute Gasteiger partial charge is 0.235 e. The monoisotopic (exact) mass is 129 g/mol. The molecule has 0 aromatic rings. The maximum Gasteiger partial charge on any atom is 0.235 e. The van der Waals surface area contributed by atoms with Crippen LogP contribution in [0.1, 0.15) is 6.92 Å². The van der Waals surface area contributed by atoms with Crippen LogP contribution in [0.3, 0.4) is 0 Å². The maximum atomic E-state index is 9.53. The SMILES string of the molecule is CC1OC(CN=C=O)O1. The molecule has 1 rings (SSSR count). The Hall–Kier alpha value is -0.700. The Bertz CT molecular complexity index is 135. The highest BCUT2D eigenvalue weighted by molar-refractivity contribution is 5.32. The zero-order valence-corrected chi connectivity index (χ0v) is 5.03. The normalized spacial score (nSPS) is 32.6. The number of isocyanates is 1. The first-order valence-electron chi connectivity index (χ1n) is 2.67. The quantitative estimate of drug-likeness (QED) is 0.390. The molecule has 0 bridgehead atoms. The summed E-state index contributed by atoms with van der Waals surface area (Å²) in [5.74, 6) is 0. The van der Waals surface area contributed by atoms with Crippen molar-refractivity contribution in [2.45, 2.75) is 19.5 Å². The molecule has 0 aliphatic carbocycles. The van der Waals surface area contributed by atoms with E-state index in [-0.39, 0.29) is 19.1 Å². The average molecular weight is 129 g/mol. The molecule has 1 aliphatic rings. The Labute approximate surface area is 52.5 Å². The van der Waals surface area contributed by atoms with Crippen LogP contribution in [-0.4, -0.2) is 25.2 Å². The fourth-order valence-corrected chi connectivity index (χ4v) is 0.636. The van der Waals surface area contributed by atoms with Crippen molar-refractivity contribution in [2.75, 3.05) is 6.54 Å². The van der Waals surface area contributed by atoms with Gasteiger partial charge in [0.05, 0.1) is 0 Å². The molecule has 1 saturated heterocycles. The van der Waals surface area contributed by atoms with E-state index in [4.69, 9.17) is 9.47 Å². The minimum atomic E-state index is -0.318. The molecular weight excluding hydrogens is 122 g/mol. The zero-order chi connectivity index (χ0) is 6.69. The maximum absolute atomic E-state index is 9.53. The van der Waals surface area contributed by atoms with Crippen LogP contribution in [0.2, 0.25) is 0 Å². The number of rotatable bonds is 2. The van der Waals surface area contributed by atoms with E-state index in [9.17, 15) is 4.79 Å². The van der Waals surface area contributed by atoms with Gasteiger partial charge in [-0.1, -0.05) is 0 Å². The average Bonchev–Trinajstić information content (AvgIpc) is 1.78. The summed E-state index contributed by atoms with van der Waals surface area (Å²) in [7, 11) is 0. The number of ether oxygens (including phenoxy) is 2. The molecule has 0 amide bonds. The molecule has 0 N–H and O–H groups in total. The Morgan fingerprint density at radius 1 is 1.67 bits per heavy atom. The fraction of sp³-hybridized carbons (Fsp3) is 0.800. The summed E-state index contributed by atoms with van der Waals surface area (Å²) >= 11 is 0. The summed E-state index contributed by atoms with van der Waals surface area (Å²) in [5.41, 5.74) is 0. The van der Waals surface area contributed by atoms with E-state index in [1.165, 1.54) is 6.08 Å². The van der Waals surface area contributed by atoms with Crippen molar-refractivity contribution in [3.05, 3.63) is 0 Å². The summed E-state index contributed by atoms with van der Waals surface area (Å²) in [4.78, 5) is 12.8. The van der Waals surface area contributed by atoms with Gasteiger partial charge in [-0.25, -0.2) is 9.79 Å². The van der Waals surface area contributed by atoms with E-state index >= 15 is 0 Å². The van der Waals surface area contributed by atoms with Gasteiger partial charge in [-0.15, -0.1) is 0 Å². The van der Waals surface area contributed by atoms with Crippen LogP contribution in [0, 0.1) is 0 Å². The number of hydrogen-bond acceptors (Lipinski definition) is 4. The second-order valence-electron chi connectivity index (χ2n) is 1.70. The molecule has 0 unspecified atom stereocenters. The Balaban J connectivity index is 2.10. The van der Waals surface area contributed by atoms with Crippen molar-refractivity contribution in [1.82, 2.24) is 0 Å². The summed E-state index contributed by atoms with van der Waals surface area (Å²) in [6, 6.07) is 0. The lowest BCUT2D eigenvalue weighted by Crippen LogP contribution is -2.40. The molecule has 9 heavy (non-hydrogen) atoms. The fourth-order valence-electron chi connectivity index (χ4n) is 0.636. The predicted octanol–water partition coefficient (Wildman–Crippen LogP) is 0.0411. The Kier molecular flexibility index (Phi) is 1.95. The molecule has 0 spiro atoms. The minimum absolute atomic E-state index is 0.142. The molecule has 1 aliphatic heterocycles. The van der Waals surface area contributed by atoms with Gasteiger partial charge in [0.1, 0.15) is 6.54 Å². The first kappa shape index (κ1) is 6.42. The van der Waals surface area contributed by atoms with Crippen LogP contribution in [0.15, 0.2) is 4.99 Å². The highest BCUT2D eigenvalue weighted by Crippen LogP contribution is 2.14. The van der Waals surface area contributed by atoms with Crippen LogP contribution in [0.4, 0.5) is 0 Å². The molecule has 4 nitrogen and oxygen atoms in total. The third-order valence-electron chi connectivity index (χ3n) is 0.992. The number of carbonyl (C=O) groups excluding carboxylic acids is 1. The number of hydrogen-bond donors (Lipinski definition) is 0. The zero-order valence-electron chi connectivity index (χ0n) is 5.03. The van der Waals surface area contributed by atoms with E-state index in [0.29, 0.717) is 0 Å². The van der Waals surface area contributed by atoms with Crippen LogP contribution < -0.4 is 0 Å². The van der Waals surface area contributed by atoms with Crippen molar-refractivity contribution in [3.63, 3.8) is 0 Å². The highest BCUT2D eigenvalue weighted by atomic mass is 16.9. The van der Waals surface area contributed by atoms with Crippen molar-refractivity contribution >= 4 is 6.08 Å². The van der Waals surface area contributed by atoms with Gasteiger partial charge in [0.25, 0.3) is 0 Å². The molecule has 4 heteroatoms. The summed E-state index contributed by atoms with van der Waals surface area (Å²) in [6.45, 7) is 2.04. The summed E-state index contributed by atoms with van der Waals surface area (Å²) in [6.07, 6.45) is 0.937. The molecule has 1 heterocycles. The molecule has 1 fully saturated rings. The van der Waals surface area contributed by atoms with E-state index in [1.54, 1.807) is 6.92 Å². The second kappa shape index (κ2) is 2.73. The lowest BCUT2D eigenvalue weighted by atomic mass is 10.5. The Morgan fingerprint density at radius 3 is 2.78 bits per heavy atom. The van der Waals surface area contributed by atoms with Gasteiger partial charge in [0, 0.05) is 0 Å². The highest BCUT2D eigenvalue weighted by Gasteiger charge is 2.25. The van der Waals surface area contributed by atoms with Gasteiger partial charge in [-0.3, -0.25) is 0 Å². The van der Waals surface area contributed by atoms with Gasteiger partial charge in [-0.2, -0.15) is 0 Å². The topological polar surface area (TPSA) is 47.9 Å². The minimum Gasteiger partial charge on any atom is -0.322 e. The largest absolute Gasteiger partial charge is 0.322 e. The number of nitrogens with zero attached hydrogens (tertiary/aromatic N) is 1. The molecule has 0 radical (unpaired) electrons. The first-order valence-corrected chi connectivity index (χ1v) is 2.67. The lowest BCUT2D eigenvalue weighted by molar-refractivity contribution is -0.370. The third kappa shape index (κ3) is 1.61. The van der Waals surface area contributed by atoms with Crippen LogP contribution >= 0.6 is 0 Å². The van der Waals surface area contributed by atoms with Crippen LogP contribution in [0.5, 0.6) is 0 Å². The van der Waals surface area contributed by atoms with E-state index in [1.807, 2.05) is 0 Å². The Morgan fingerprint density at radius 2 is 2.33 bits per heavy atom. The molecule has 0 aromatic heterocycles. The van der Waals surface area contributed by atoms with E-state index in [0.717, 1.165) is 0 Å². The molecule has 0 atom stereocenters. The molecule has 0 saturated carbocycles. The van der Waals surface area contributed by atoms with Crippen molar-refractivity contribution in [1.29, 1.82) is 0 Å².